The maximum absolute atomic E-state index is 11.8. The molecule has 112 valence electrons. The van der Waals surface area contributed by atoms with Crippen molar-refractivity contribution in [2.75, 3.05) is 13.1 Å². The standard InChI is InChI=1S/C16H31NO2/c1-2-3-4-5-6-7-8-11-15(18)14-16(19)17-12-9-10-13-17/h15,18H,2-14H2,1H3/t15-/m0/s1. The van der Waals surface area contributed by atoms with Crippen LogP contribution in [0.2, 0.25) is 0 Å². The number of aliphatic hydroxyl groups excluding tert-OH is 1. The molecule has 3 nitrogen and oxygen atoms in total. The Morgan fingerprint density at radius 2 is 1.63 bits per heavy atom. The lowest BCUT2D eigenvalue weighted by Gasteiger charge is -2.17. The van der Waals surface area contributed by atoms with Crippen LogP contribution >= 0.6 is 0 Å². The Morgan fingerprint density at radius 3 is 2.26 bits per heavy atom. The van der Waals surface area contributed by atoms with Crippen molar-refractivity contribution in [2.45, 2.75) is 83.7 Å². The first kappa shape index (κ1) is 16.5. The minimum absolute atomic E-state index is 0.146. The molecule has 1 N–H and O–H groups in total. The molecule has 0 aliphatic carbocycles. The predicted molar refractivity (Wildman–Crippen MR) is 79.0 cm³/mol. The highest BCUT2D eigenvalue weighted by Crippen LogP contribution is 2.14. The number of hydrogen-bond acceptors (Lipinski definition) is 2. The Labute approximate surface area is 118 Å². The van der Waals surface area contributed by atoms with E-state index in [0.29, 0.717) is 6.42 Å². The van der Waals surface area contributed by atoms with Gasteiger partial charge in [-0.05, 0) is 19.3 Å². The number of unbranched alkanes of at least 4 members (excludes halogenated alkanes) is 6. The van der Waals surface area contributed by atoms with Gasteiger partial charge in [-0.1, -0.05) is 51.9 Å². The maximum Gasteiger partial charge on any atom is 0.225 e. The van der Waals surface area contributed by atoms with Gasteiger partial charge in [0, 0.05) is 13.1 Å². The number of amides is 1. The van der Waals surface area contributed by atoms with Gasteiger partial charge in [-0.3, -0.25) is 4.79 Å². The molecule has 1 amide bonds. The molecule has 0 unspecified atom stereocenters. The molecule has 0 aromatic heterocycles. The fourth-order valence-electron chi connectivity index (χ4n) is 2.74. The van der Waals surface area contributed by atoms with Crippen LogP contribution in [0.4, 0.5) is 0 Å². The third-order valence-corrected chi connectivity index (χ3v) is 4.01. The summed E-state index contributed by atoms with van der Waals surface area (Å²) < 4.78 is 0. The van der Waals surface area contributed by atoms with Crippen LogP contribution in [0.3, 0.4) is 0 Å². The Bertz CT molecular complexity index is 237. The first-order chi connectivity index (χ1) is 9.24. The van der Waals surface area contributed by atoms with Crippen LogP contribution in [0.1, 0.15) is 77.6 Å². The van der Waals surface area contributed by atoms with E-state index >= 15 is 0 Å². The maximum atomic E-state index is 11.8. The number of rotatable bonds is 10. The molecule has 0 aromatic carbocycles. The van der Waals surface area contributed by atoms with Crippen molar-refractivity contribution in [3.8, 4) is 0 Å². The van der Waals surface area contributed by atoms with E-state index in [-0.39, 0.29) is 5.91 Å². The Morgan fingerprint density at radius 1 is 1.05 bits per heavy atom. The van der Waals surface area contributed by atoms with Crippen LogP contribution in [0.25, 0.3) is 0 Å². The number of nitrogens with zero attached hydrogens (tertiary/aromatic N) is 1. The van der Waals surface area contributed by atoms with E-state index in [0.717, 1.165) is 38.8 Å². The molecule has 19 heavy (non-hydrogen) atoms. The summed E-state index contributed by atoms with van der Waals surface area (Å²) in [4.78, 5) is 13.7. The monoisotopic (exact) mass is 269 g/mol. The van der Waals surface area contributed by atoms with Gasteiger partial charge >= 0.3 is 0 Å². The topological polar surface area (TPSA) is 40.5 Å². The summed E-state index contributed by atoms with van der Waals surface area (Å²) in [5, 5.41) is 9.87. The number of carbonyl (C=O) groups excluding carboxylic acids is 1. The molecule has 0 aromatic rings. The summed E-state index contributed by atoms with van der Waals surface area (Å²) in [6, 6.07) is 0. The highest BCUT2D eigenvalue weighted by molar-refractivity contribution is 5.76. The molecule has 0 bridgehead atoms. The van der Waals surface area contributed by atoms with E-state index in [4.69, 9.17) is 0 Å². The van der Waals surface area contributed by atoms with Crippen molar-refractivity contribution in [3.63, 3.8) is 0 Å². The van der Waals surface area contributed by atoms with E-state index in [1.54, 1.807) is 0 Å². The Kier molecular flexibility index (Phi) is 8.89. The van der Waals surface area contributed by atoms with Crippen molar-refractivity contribution < 1.29 is 9.90 Å². The van der Waals surface area contributed by atoms with Gasteiger partial charge in [0.2, 0.25) is 5.91 Å². The highest BCUT2D eigenvalue weighted by atomic mass is 16.3. The number of carbonyl (C=O) groups is 1. The van der Waals surface area contributed by atoms with Crippen molar-refractivity contribution in [2.24, 2.45) is 0 Å². The third kappa shape index (κ3) is 7.56. The summed E-state index contributed by atoms with van der Waals surface area (Å²) in [5.74, 6) is 0.146. The first-order valence-corrected chi connectivity index (χ1v) is 8.20. The van der Waals surface area contributed by atoms with Crippen LogP contribution in [0, 0.1) is 0 Å². The second-order valence-corrected chi connectivity index (χ2v) is 5.86. The zero-order valence-corrected chi connectivity index (χ0v) is 12.6. The van der Waals surface area contributed by atoms with Gasteiger partial charge in [0.05, 0.1) is 12.5 Å². The zero-order valence-electron chi connectivity index (χ0n) is 12.6. The number of likely N-dealkylation sites (tertiary alicyclic amines) is 1. The van der Waals surface area contributed by atoms with Crippen LogP contribution in [0.15, 0.2) is 0 Å². The van der Waals surface area contributed by atoms with Gasteiger partial charge in [0.25, 0.3) is 0 Å². The summed E-state index contributed by atoms with van der Waals surface area (Å²) in [7, 11) is 0. The van der Waals surface area contributed by atoms with Crippen LogP contribution in [0.5, 0.6) is 0 Å². The summed E-state index contributed by atoms with van der Waals surface area (Å²) in [6.07, 6.45) is 11.7. The van der Waals surface area contributed by atoms with Crippen molar-refractivity contribution in [3.05, 3.63) is 0 Å². The van der Waals surface area contributed by atoms with Crippen molar-refractivity contribution >= 4 is 5.91 Å². The SMILES string of the molecule is CCCCCCCCC[C@H](O)CC(=O)N1CCCC1. The predicted octanol–water partition coefficient (Wildman–Crippen LogP) is 3.50. The molecule has 1 atom stereocenters. The lowest BCUT2D eigenvalue weighted by Crippen LogP contribution is -2.30. The van der Waals surface area contributed by atoms with E-state index in [1.807, 2.05) is 4.90 Å². The minimum Gasteiger partial charge on any atom is -0.393 e. The molecule has 0 radical (unpaired) electrons. The molecule has 3 heteroatoms. The molecule has 1 saturated heterocycles. The fourth-order valence-corrected chi connectivity index (χ4v) is 2.74. The van der Waals surface area contributed by atoms with E-state index in [9.17, 15) is 9.90 Å². The third-order valence-electron chi connectivity index (χ3n) is 4.01. The minimum atomic E-state index is -0.427. The van der Waals surface area contributed by atoms with Crippen LogP contribution in [-0.2, 0) is 4.79 Å². The fraction of sp³-hybridized carbons (Fsp3) is 0.938. The zero-order chi connectivity index (χ0) is 13.9. The quantitative estimate of drug-likeness (QED) is 0.617. The molecule has 1 aliphatic heterocycles. The van der Waals surface area contributed by atoms with Gasteiger partial charge < -0.3 is 10.0 Å². The molecule has 0 saturated carbocycles. The lowest BCUT2D eigenvalue weighted by molar-refractivity contribution is -0.132. The van der Waals surface area contributed by atoms with E-state index in [2.05, 4.69) is 6.92 Å². The molecule has 1 rings (SSSR count). The first-order valence-electron chi connectivity index (χ1n) is 8.20. The normalized spacial score (nSPS) is 16.8. The van der Waals surface area contributed by atoms with Crippen molar-refractivity contribution in [1.82, 2.24) is 4.90 Å². The van der Waals surface area contributed by atoms with Gasteiger partial charge in [-0.2, -0.15) is 0 Å². The average molecular weight is 269 g/mol. The molecule has 1 aliphatic rings. The van der Waals surface area contributed by atoms with Gasteiger partial charge in [-0.15, -0.1) is 0 Å². The lowest BCUT2D eigenvalue weighted by atomic mass is 10.0. The molecular weight excluding hydrogens is 238 g/mol. The smallest absolute Gasteiger partial charge is 0.225 e. The Hall–Kier alpha value is -0.570. The van der Waals surface area contributed by atoms with E-state index in [1.165, 1.54) is 38.5 Å². The highest BCUT2D eigenvalue weighted by Gasteiger charge is 2.20. The van der Waals surface area contributed by atoms with Crippen molar-refractivity contribution in [1.29, 1.82) is 0 Å². The van der Waals surface area contributed by atoms with Gasteiger partial charge in [0.1, 0.15) is 0 Å². The van der Waals surface area contributed by atoms with Crippen LogP contribution in [-0.4, -0.2) is 35.1 Å². The summed E-state index contributed by atoms with van der Waals surface area (Å²) in [6.45, 7) is 4.01. The summed E-state index contributed by atoms with van der Waals surface area (Å²) in [5.41, 5.74) is 0. The van der Waals surface area contributed by atoms with Gasteiger partial charge in [-0.25, -0.2) is 0 Å². The molecule has 0 spiro atoms. The largest absolute Gasteiger partial charge is 0.393 e. The van der Waals surface area contributed by atoms with Crippen LogP contribution < -0.4 is 0 Å². The number of hydrogen-bond donors (Lipinski definition) is 1. The van der Waals surface area contributed by atoms with Gasteiger partial charge in [0.15, 0.2) is 0 Å². The second-order valence-electron chi connectivity index (χ2n) is 5.86. The Balaban J connectivity index is 1.95. The molecule has 1 heterocycles. The number of aliphatic hydroxyl groups is 1. The van der Waals surface area contributed by atoms with E-state index < -0.39 is 6.10 Å². The average Bonchev–Trinajstić information content (AvgIpc) is 2.91. The molecule has 1 fully saturated rings. The second kappa shape index (κ2) is 10.2. The molecular formula is C16H31NO2. The summed E-state index contributed by atoms with van der Waals surface area (Å²) >= 11 is 0.